The van der Waals surface area contributed by atoms with Crippen LogP contribution in [0.1, 0.15) is 42.1 Å². The van der Waals surface area contributed by atoms with Crippen LogP contribution in [0.5, 0.6) is 0 Å². The Morgan fingerprint density at radius 1 is 1.00 bits per heavy atom. The summed E-state index contributed by atoms with van der Waals surface area (Å²) in [4.78, 5) is 22.3. The predicted molar refractivity (Wildman–Crippen MR) is 146 cm³/mol. The molecule has 1 saturated heterocycles. The van der Waals surface area contributed by atoms with Gasteiger partial charge in [-0.3, -0.25) is 0 Å². The first-order valence-electron chi connectivity index (χ1n) is 13.0. The van der Waals surface area contributed by atoms with Crippen molar-refractivity contribution in [2.75, 3.05) is 37.4 Å². The summed E-state index contributed by atoms with van der Waals surface area (Å²) < 4.78 is 2.23. The number of urea groups is 1. The van der Waals surface area contributed by atoms with E-state index in [2.05, 4.69) is 52.3 Å². The number of pyridine rings is 1. The van der Waals surface area contributed by atoms with Crippen LogP contribution in [0, 0.1) is 0 Å². The van der Waals surface area contributed by atoms with Crippen molar-refractivity contribution in [3.8, 4) is 11.3 Å². The Balaban J connectivity index is 1.25. The molecule has 36 heavy (non-hydrogen) atoms. The SMILES string of the molecule is CN(C)c1ccc(NC(=O)N2CCC[C@@H](c3nc(-c4ccc5c(c4)CCC5)c4ccccn34)C2)cc1. The minimum Gasteiger partial charge on any atom is -0.378 e. The smallest absolute Gasteiger partial charge is 0.321 e. The molecule has 1 fully saturated rings. The van der Waals surface area contributed by atoms with Crippen LogP contribution in [-0.4, -0.2) is 47.5 Å². The van der Waals surface area contributed by atoms with Crippen LogP contribution in [0.25, 0.3) is 16.8 Å². The zero-order valence-corrected chi connectivity index (χ0v) is 21.1. The molecule has 0 radical (unpaired) electrons. The molecule has 6 heteroatoms. The number of carbonyl (C=O) groups is 1. The third kappa shape index (κ3) is 4.21. The van der Waals surface area contributed by atoms with Gasteiger partial charge < -0.3 is 19.5 Å². The van der Waals surface area contributed by atoms with Gasteiger partial charge in [-0.05, 0) is 85.7 Å². The molecule has 2 amide bonds. The number of carbonyl (C=O) groups excluding carboxylic acids is 1. The fraction of sp³-hybridized carbons (Fsp3) is 0.333. The fourth-order valence-electron chi connectivity index (χ4n) is 5.70. The van der Waals surface area contributed by atoms with Gasteiger partial charge in [-0.15, -0.1) is 0 Å². The topological polar surface area (TPSA) is 52.9 Å². The van der Waals surface area contributed by atoms with Crippen LogP contribution >= 0.6 is 0 Å². The molecule has 4 aromatic rings. The van der Waals surface area contributed by atoms with Crippen LogP contribution in [0.4, 0.5) is 16.2 Å². The highest BCUT2D eigenvalue weighted by Crippen LogP contribution is 2.34. The maximum absolute atomic E-state index is 13.1. The number of piperidine rings is 1. The normalized spacial score (nSPS) is 17.3. The van der Waals surface area contributed by atoms with Crippen molar-refractivity contribution >= 4 is 22.9 Å². The molecule has 2 aliphatic rings. The van der Waals surface area contributed by atoms with E-state index < -0.39 is 0 Å². The maximum Gasteiger partial charge on any atom is 0.321 e. The van der Waals surface area contributed by atoms with E-state index in [0.717, 1.165) is 54.2 Å². The Labute approximate surface area is 212 Å². The van der Waals surface area contributed by atoms with Crippen molar-refractivity contribution in [3.63, 3.8) is 0 Å². The second-order valence-electron chi connectivity index (χ2n) is 10.3. The zero-order chi connectivity index (χ0) is 24.6. The number of rotatable bonds is 4. The van der Waals surface area contributed by atoms with Crippen LogP contribution < -0.4 is 10.2 Å². The highest BCUT2D eigenvalue weighted by molar-refractivity contribution is 5.89. The number of amides is 2. The van der Waals surface area contributed by atoms with Gasteiger partial charge in [0, 0.05) is 56.2 Å². The molecule has 6 nitrogen and oxygen atoms in total. The fourth-order valence-corrected chi connectivity index (χ4v) is 5.70. The highest BCUT2D eigenvalue weighted by atomic mass is 16.2. The molecule has 0 bridgehead atoms. The summed E-state index contributed by atoms with van der Waals surface area (Å²) in [6, 6.07) is 21.1. The van der Waals surface area contributed by atoms with E-state index in [1.54, 1.807) is 0 Å². The number of benzene rings is 2. The lowest BCUT2D eigenvalue weighted by molar-refractivity contribution is 0.191. The third-order valence-corrected chi connectivity index (χ3v) is 7.66. The van der Waals surface area contributed by atoms with Gasteiger partial charge >= 0.3 is 6.03 Å². The summed E-state index contributed by atoms with van der Waals surface area (Å²) in [5, 5.41) is 3.08. The molecule has 0 unspecified atom stereocenters. The quantitative estimate of drug-likeness (QED) is 0.392. The van der Waals surface area contributed by atoms with E-state index >= 15 is 0 Å². The number of aryl methyl sites for hydroxylation is 2. The number of hydrogen-bond donors (Lipinski definition) is 1. The molecule has 0 spiro atoms. The van der Waals surface area contributed by atoms with Gasteiger partial charge in [0.25, 0.3) is 0 Å². The Hall–Kier alpha value is -3.80. The van der Waals surface area contributed by atoms with Gasteiger partial charge in [0.15, 0.2) is 0 Å². The Morgan fingerprint density at radius 3 is 2.67 bits per heavy atom. The van der Waals surface area contributed by atoms with E-state index in [4.69, 9.17) is 4.98 Å². The lowest BCUT2D eigenvalue weighted by Crippen LogP contribution is -2.42. The first-order chi connectivity index (χ1) is 17.6. The Bertz CT molecular complexity index is 1400. The molecule has 1 aliphatic heterocycles. The molecular formula is C30H33N5O. The Kier molecular flexibility index (Phi) is 5.88. The van der Waals surface area contributed by atoms with Gasteiger partial charge in [0.2, 0.25) is 0 Å². The number of aromatic nitrogens is 2. The molecule has 1 N–H and O–H groups in total. The lowest BCUT2D eigenvalue weighted by atomic mass is 9.97. The zero-order valence-electron chi connectivity index (χ0n) is 21.1. The lowest BCUT2D eigenvalue weighted by Gasteiger charge is -2.32. The number of fused-ring (bicyclic) bond motifs is 2. The molecule has 6 rings (SSSR count). The molecule has 0 saturated carbocycles. The summed E-state index contributed by atoms with van der Waals surface area (Å²) in [6.07, 6.45) is 7.69. The standard InChI is InChI=1S/C30H33N5O/c1-33(2)26-15-13-25(14-16-26)31-30(36)34-17-6-9-24(20-34)29-32-28(27-10-3-4-18-35(27)29)23-12-11-21-7-5-8-22(21)19-23/h3-4,10-16,18-19,24H,5-9,17,20H2,1-2H3,(H,31,36)/t24-/m1/s1. The molecular weight excluding hydrogens is 446 g/mol. The van der Waals surface area contributed by atoms with Crippen molar-refractivity contribution in [3.05, 3.63) is 83.8 Å². The van der Waals surface area contributed by atoms with Gasteiger partial charge in [0.1, 0.15) is 5.82 Å². The number of likely N-dealkylation sites (tertiary alicyclic amines) is 1. The van der Waals surface area contributed by atoms with Crippen LogP contribution in [0.3, 0.4) is 0 Å². The van der Waals surface area contributed by atoms with E-state index in [1.165, 1.54) is 29.5 Å². The number of nitrogens with one attached hydrogen (secondary N) is 1. The summed E-state index contributed by atoms with van der Waals surface area (Å²) >= 11 is 0. The third-order valence-electron chi connectivity index (χ3n) is 7.66. The van der Waals surface area contributed by atoms with Crippen LogP contribution in [0.15, 0.2) is 66.9 Å². The molecule has 2 aromatic heterocycles. The second-order valence-corrected chi connectivity index (χ2v) is 10.3. The van der Waals surface area contributed by atoms with Crippen LogP contribution in [-0.2, 0) is 12.8 Å². The van der Waals surface area contributed by atoms with Gasteiger partial charge in [-0.1, -0.05) is 18.2 Å². The predicted octanol–water partition coefficient (Wildman–Crippen LogP) is 5.97. The number of imidazole rings is 1. The summed E-state index contributed by atoms with van der Waals surface area (Å²) in [6.45, 7) is 1.43. The Morgan fingerprint density at radius 2 is 1.83 bits per heavy atom. The number of hydrogen-bond acceptors (Lipinski definition) is 3. The average Bonchev–Trinajstić information content (AvgIpc) is 3.53. The molecule has 184 valence electrons. The van der Waals surface area contributed by atoms with Crippen LogP contribution in [0.2, 0.25) is 0 Å². The number of anilines is 2. The maximum atomic E-state index is 13.1. The van der Waals surface area contributed by atoms with E-state index in [1.807, 2.05) is 48.2 Å². The van der Waals surface area contributed by atoms with Crippen molar-refractivity contribution in [1.82, 2.24) is 14.3 Å². The van der Waals surface area contributed by atoms with Gasteiger partial charge in [-0.2, -0.15) is 0 Å². The van der Waals surface area contributed by atoms with Crippen molar-refractivity contribution < 1.29 is 4.79 Å². The largest absolute Gasteiger partial charge is 0.378 e. The average molecular weight is 480 g/mol. The van der Waals surface area contributed by atoms with E-state index in [0.29, 0.717) is 6.54 Å². The van der Waals surface area contributed by atoms with Crippen molar-refractivity contribution in [2.45, 2.75) is 38.0 Å². The molecule has 3 heterocycles. The summed E-state index contributed by atoms with van der Waals surface area (Å²) in [5.74, 6) is 1.24. The monoisotopic (exact) mass is 479 g/mol. The van der Waals surface area contributed by atoms with Gasteiger partial charge in [0.05, 0.1) is 11.2 Å². The second kappa shape index (κ2) is 9.34. The van der Waals surface area contributed by atoms with E-state index in [9.17, 15) is 4.79 Å². The first-order valence-corrected chi connectivity index (χ1v) is 13.0. The highest BCUT2D eigenvalue weighted by Gasteiger charge is 2.29. The van der Waals surface area contributed by atoms with E-state index in [-0.39, 0.29) is 11.9 Å². The number of nitrogens with zero attached hydrogens (tertiary/aromatic N) is 4. The summed E-state index contributed by atoms with van der Waals surface area (Å²) in [7, 11) is 4.02. The minimum atomic E-state index is -0.0444. The van der Waals surface area contributed by atoms with Gasteiger partial charge in [-0.25, -0.2) is 9.78 Å². The molecule has 1 aliphatic carbocycles. The van der Waals surface area contributed by atoms with Crippen molar-refractivity contribution in [2.24, 2.45) is 0 Å². The van der Waals surface area contributed by atoms with Crippen molar-refractivity contribution in [1.29, 1.82) is 0 Å². The first kappa shape index (κ1) is 22.7. The molecule has 1 atom stereocenters. The minimum absolute atomic E-state index is 0.0444. The summed E-state index contributed by atoms with van der Waals surface area (Å²) in [5.41, 5.74) is 8.24. The molecule has 2 aromatic carbocycles.